The zero-order chi connectivity index (χ0) is 18.4. The minimum absolute atomic E-state index is 0.374. The number of hydrogen-bond acceptors (Lipinski definition) is 4. The Kier molecular flexibility index (Phi) is 6.42. The van der Waals surface area contributed by atoms with Crippen molar-refractivity contribution in [3.63, 3.8) is 0 Å². The number of carbonyl (C=O) groups is 2. The third kappa shape index (κ3) is 5.50. The van der Waals surface area contributed by atoms with Crippen LogP contribution in [-0.2, 0) is 14.3 Å². The zero-order valence-corrected chi connectivity index (χ0v) is 15.1. The molecule has 0 aliphatic rings. The predicted molar refractivity (Wildman–Crippen MR) is 97.0 cm³/mol. The number of aryl methyl sites for hydroxylation is 2. The first kappa shape index (κ1) is 18.8. The lowest BCUT2D eigenvalue weighted by molar-refractivity contribution is -0.153. The molecule has 0 saturated carbocycles. The van der Waals surface area contributed by atoms with Crippen molar-refractivity contribution in [1.29, 1.82) is 0 Å². The summed E-state index contributed by atoms with van der Waals surface area (Å²) in [7, 11) is 0. The van der Waals surface area contributed by atoms with Gasteiger partial charge in [0.2, 0.25) is 0 Å². The van der Waals surface area contributed by atoms with E-state index in [0.717, 1.165) is 16.8 Å². The largest absolute Gasteiger partial charge is 0.479 e. The molecular formula is C19H20ClNO4. The van der Waals surface area contributed by atoms with Crippen molar-refractivity contribution >= 4 is 29.2 Å². The third-order valence-electron chi connectivity index (χ3n) is 3.55. The summed E-state index contributed by atoms with van der Waals surface area (Å²) < 4.78 is 10.5. The molecule has 0 bridgehead atoms. The maximum absolute atomic E-state index is 12.0. The number of rotatable bonds is 6. The van der Waals surface area contributed by atoms with Crippen LogP contribution in [0.5, 0.6) is 5.75 Å². The fourth-order valence-corrected chi connectivity index (χ4v) is 2.33. The molecule has 0 fully saturated rings. The fraction of sp³-hybridized carbons (Fsp3) is 0.263. The second kappa shape index (κ2) is 8.53. The van der Waals surface area contributed by atoms with Gasteiger partial charge in [-0.05, 0) is 56.2 Å². The van der Waals surface area contributed by atoms with E-state index in [9.17, 15) is 9.59 Å². The number of anilines is 1. The van der Waals surface area contributed by atoms with Crippen LogP contribution in [-0.4, -0.2) is 24.6 Å². The first-order valence-electron chi connectivity index (χ1n) is 7.81. The topological polar surface area (TPSA) is 64.6 Å². The molecule has 132 valence electrons. The Morgan fingerprint density at radius 3 is 2.28 bits per heavy atom. The summed E-state index contributed by atoms with van der Waals surface area (Å²) in [4.78, 5) is 23.9. The summed E-state index contributed by atoms with van der Waals surface area (Å²) in [5, 5.41) is 3.33. The number of nitrogens with one attached hydrogen (secondary N) is 1. The molecule has 1 atom stereocenters. The quantitative estimate of drug-likeness (QED) is 0.792. The summed E-state index contributed by atoms with van der Waals surface area (Å²) in [6.45, 7) is 4.98. The smallest absolute Gasteiger partial charge is 0.347 e. The van der Waals surface area contributed by atoms with E-state index in [1.54, 1.807) is 31.2 Å². The van der Waals surface area contributed by atoms with Gasteiger partial charge in [-0.25, -0.2) is 4.79 Å². The minimum atomic E-state index is -0.839. The second-order valence-corrected chi connectivity index (χ2v) is 6.07. The molecule has 5 nitrogen and oxygen atoms in total. The molecule has 6 heteroatoms. The van der Waals surface area contributed by atoms with E-state index in [2.05, 4.69) is 5.32 Å². The van der Waals surface area contributed by atoms with E-state index in [4.69, 9.17) is 21.1 Å². The van der Waals surface area contributed by atoms with Crippen molar-refractivity contribution in [3.05, 3.63) is 58.6 Å². The Morgan fingerprint density at radius 1 is 1.08 bits per heavy atom. The highest BCUT2D eigenvalue weighted by Crippen LogP contribution is 2.19. The average Bonchev–Trinajstić information content (AvgIpc) is 2.58. The van der Waals surface area contributed by atoms with Crippen molar-refractivity contribution in [2.45, 2.75) is 26.9 Å². The number of carbonyl (C=O) groups excluding carboxylic acids is 2. The maximum Gasteiger partial charge on any atom is 0.347 e. The van der Waals surface area contributed by atoms with E-state index in [-0.39, 0.29) is 6.61 Å². The summed E-state index contributed by atoms with van der Waals surface area (Å²) >= 11 is 5.79. The molecule has 0 aliphatic heterocycles. The number of halogens is 1. The number of benzene rings is 2. The highest BCUT2D eigenvalue weighted by Gasteiger charge is 2.18. The molecule has 2 rings (SSSR count). The van der Waals surface area contributed by atoms with Gasteiger partial charge in [-0.15, -0.1) is 0 Å². The van der Waals surface area contributed by atoms with Crippen LogP contribution in [0.1, 0.15) is 18.1 Å². The molecule has 2 aromatic carbocycles. The van der Waals surface area contributed by atoms with E-state index < -0.39 is 18.0 Å². The van der Waals surface area contributed by atoms with Crippen LogP contribution in [0.4, 0.5) is 5.69 Å². The Balaban J connectivity index is 1.84. The average molecular weight is 362 g/mol. The monoisotopic (exact) mass is 361 g/mol. The van der Waals surface area contributed by atoms with E-state index in [1.165, 1.54) is 0 Å². The summed E-state index contributed by atoms with van der Waals surface area (Å²) in [5.74, 6) is -0.523. The molecule has 25 heavy (non-hydrogen) atoms. The predicted octanol–water partition coefficient (Wildman–Crippen LogP) is 3.91. The number of para-hydroxylation sites is 1. The molecule has 0 heterocycles. The summed E-state index contributed by atoms with van der Waals surface area (Å²) in [6, 6.07) is 12.3. The van der Waals surface area contributed by atoms with Crippen LogP contribution in [0.15, 0.2) is 42.5 Å². The van der Waals surface area contributed by atoms with Crippen LogP contribution in [0, 0.1) is 13.8 Å². The minimum Gasteiger partial charge on any atom is -0.479 e. The van der Waals surface area contributed by atoms with Gasteiger partial charge < -0.3 is 14.8 Å². The van der Waals surface area contributed by atoms with E-state index >= 15 is 0 Å². The molecule has 0 aliphatic carbocycles. The van der Waals surface area contributed by atoms with E-state index in [1.807, 2.05) is 32.0 Å². The van der Waals surface area contributed by atoms with Gasteiger partial charge in [0.25, 0.3) is 5.91 Å². The zero-order valence-electron chi connectivity index (χ0n) is 14.3. The van der Waals surface area contributed by atoms with Crippen LogP contribution in [0.3, 0.4) is 0 Å². The highest BCUT2D eigenvalue weighted by molar-refractivity contribution is 6.30. The van der Waals surface area contributed by atoms with Gasteiger partial charge in [-0.2, -0.15) is 0 Å². The van der Waals surface area contributed by atoms with Gasteiger partial charge in [0.1, 0.15) is 5.75 Å². The third-order valence-corrected chi connectivity index (χ3v) is 3.80. The van der Waals surface area contributed by atoms with E-state index in [0.29, 0.717) is 10.8 Å². The van der Waals surface area contributed by atoms with Crippen LogP contribution in [0.25, 0.3) is 0 Å². The Labute approximate surface area is 151 Å². The number of hydrogen-bond donors (Lipinski definition) is 1. The van der Waals surface area contributed by atoms with Gasteiger partial charge in [-0.1, -0.05) is 29.8 Å². The number of amides is 1. The standard InChI is InChI=1S/C19H20ClNO4/c1-12-5-4-6-13(2)18(12)21-17(22)11-24-19(23)14(3)25-16-9-7-15(20)8-10-16/h4-10,14H,11H2,1-3H3,(H,21,22)/t14-/m0/s1. The lowest BCUT2D eigenvalue weighted by Crippen LogP contribution is -2.30. The molecular weight excluding hydrogens is 342 g/mol. The number of ether oxygens (including phenoxy) is 2. The molecule has 0 radical (unpaired) electrons. The second-order valence-electron chi connectivity index (χ2n) is 5.64. The first-order chi connectivity index (χ1) is 11.9. The van der Waals surface area contributed by atoms with Gasteiger partial charge >= 0.3 is 5.97 Å². The van der Waals surface area contributed by atoms with Gasteiger partial charge in [0, 0.05) is 10.7 Å². The van der Waals surface area contributed by atoms with Crippen LogP contribution in [0.2, 0.25) is 5.02 Å². The van der Waals surface area contributed by atoms with Gasteiger partial charge in [0.15, 0.2) is 12.7 Å². The first-order valence-corrected chi connectivity index (χ1v) is 8.19. The van der Waals surface area contributed by atoms with Crippen molar-refractivity contribution in [3.8, 4) is 5.75 Å². The van der Waals surface area contributed by atoms with Gasteiger partial charge in [0.05, 0.1) is 0 Å². The van der Waals surface area contributed by atoms with Crippen LogP contribution < -0.4 is 10.1 Å². The van der Waals surface area contributed by atoms with Crippen molar-refractivity contribution in [1.82, 2.24) is 0 Å². The molecule has 0 aromatic heterocycles. The lowest BCUT2D eigenvalue weighted by Gasteiger charge is -2.15. The Bertz CT molecular complexity index is 738. The SMILES string of the molecule is Cc1cccc(C)c1NC(=O)COC(=O)[C@H](C)Oc1ccc(Cl)cc1. The summed E-state index contributed by atoms with van der Waals surface area (Å²) in [6.07, 6.45) is -0.839. The van der Waals surface area contributed by atoms with Gasteiger partial charge in [-0.3, -0.25) is 4.79 Å². The molecule has 0 spiro atoms. The van der Waals surface area contributed by atoms with Crippen molar-refractivity contribution < 1.29 is 19.1 Å². The number of esters is 1. The molecule has 0 saturated heterocycles. The fourth-order valence-electron chi connectivity index (χ4n) is 2.21. The van der Waals surface area contributed by atoms with Crippen LogP contribution >= 0.6 is 11.6 Å². The molecule has 1 amide bonds. The molecule has 0 unspecified atom stereocenters. The Hall–Kier alpha value is -2.53. The lowest BCUT2D eigenvalue weighted by atomic mass is 10.1. The van der Waals surface area contributed by atoms with Crippen molar-refractivity contribution in [2.75, 3.05) is 11.9 Å². The molecule has 1 N–H and O–H groups in total. The Morgan fingerprint density at radius 2 is 1.68 bits per heavy atom. The molecule has 2 aromatic rings. The maximum atomic E-state index is 12.0. The van der Waals surface area contributed by atoms with Crippen molar-refractivity contribution in [2.24, 2.45) is 0 Å². The highest BCUT2D eigenvalue weighted by atomic mass is 35.5. The summed E-state index contributed by atoms with van der Waals surface area (Å²) in [5.41, 5.74) is 2.62. The normalized spacial score (nSPS) is 11.5.